The molecule has 112 valence electrons. The number of nitrogens with one attached hydrogen (secondary N) is 1. The third-order valence-corrected chi connectivity index (χ3v) is 3.80. The normalized spacial score (nSPS) is 12.2. The largest absolute Gasteiger partial charge is 0.439 e. The number of hydrogen-bond acceptors (Lipinski definition) is 3. The molecule has 0 fully saturated rings. The van der Waals surface area contributed by atoms with Gasteiger partial charge in [-0.2, -0.15) is 0 Å². The SMILES string of the molecule is CCCNC(C)c1ccc(Oc2ccc(Br)cc2C)nc1. The number of benzene rings is 1. The summed E-state index contributed by atoms with van der Waals surface area (Å²) in [6.45, 7) is 7.34. The Morgan fingerprint density at radius 1 is 1.29 bits per heavy atom. The van der Waals surface area contributed by atoms with Gasteiger partial charge in [-0.05, 0) is 56.1 Å². The molecule has 0 radical (unpaired) electrons. The van der Waals surface area contributed by atoms with Crippen LogP contribution < -0.4 is 10.1 Å². The Morgan fingerprint density at radius 3 is 2.71 bits per heavy atom. The molecule has 2 rings (SSSR count). The van der Waals surface area contributed by atoms with Crippen molar-refractivity contribution in [1.29, 1.82) is 0 Å². The summed E-state index contributed by atoms with van der Waals surface area (Å²) in [7, 11) is 0. The van der Waals surface area contributed by atoms with Crippen LogP contribution in [0.25, 0.3) is 0 Å². The van der Waals surface area contributed by atoms with Crippen LogP contribution in [0.2, 0.25) is 0 Å². The molecule has 1 heterocycles. The number of halogens is 1. The van der Waals surface area contributed by atoms with Gasteiger partial charge in [-0.3, -0.25) is 0 Å². The molecule has 1 unspecified atom stereocenters. The highest BCUT2D eigenvalue weighted by atomic mass is 79.9. The average molecular weight is 349 g/mol. The van der Waals surface area contributed by atoms with Crippen molar-refractivity contribution in [2.75, 3.05) is 6.54 Å². The van der Waals surface area contributed by atoms with E-state index in [2.05, 4.69) is 46.1 Å². The summed E-state index contributed by atoms with van der Waals surface area (Å²) in [6, 6.07) is 10.2. The van der Waals surface area contributed by atoms with Gasteiger partial charge in [0.05, 0.1) is 0 Å². The summed E-state index contributed by atoms with van der Waals surface area (Å²) in [4.78, 5) is 4.39. The highest BCUT2D eigenvalue weighted by molar-refractivity contribution is 9.10. The van der Waals surface area contributed by atoms with E-state index in [4.69, 9.17) is 4.74 Å². The lowest BCUT2D eigenvalue weighted by atomic mass is 10.1. The standard InChI is InChI=1S/C17H21BrN2O/c1-4-9-19-13(3)14-5-8-17(20-11-14)21-16-7-6-15(18)10-12(16)2/h5-8,10-11,13,19H,4,9H2,1-3H3. The van der Waals surface area contributed by atoms with Crippen molar-refractivity contribution in [3.63, 3.8) is 0 Å². The molecule has 1 N–H and O–H groups in total. The third-order valence-electron chi connectivity index (χ3n) is 3.31. The molecule has 0 saturated carbocycles. The summed E-state index contributed by atoms with van der Waals surface area (Å²) in [5.74, 6) is 1.45. The first-order valence-corrected chi connectivity index (χ1v) is 8.02. The van der Waals surface area contributed by atoms with E-state index in [1.807, 2.05) is 37.4 Å². The molecule has 0 aliphatic carbocycles. The molecule has 1 aromatic carbocycles. The van der Waals surface area contributed by atoms with E-state index in [1.54, 1.807) is 0 Å². The molecule has 1 atom stereocenters. The molecule has 0 amide bonds. The van der Waals surface area contributed by atoms with Crippen LogP contribution in [-0.4, -0.2) is 11.5 Å². The number of aryl methyl sites for hydroxylation is 1. The molecule has 21 heavy (non-hydrogen) atoms. The van der Waals surface area contributed by atoms with Gasteiger partial charge in [-0.25, -0.2) is 4.98 Å². The molecule has 4 heteroatoms. The predicted molar refractivity (Wildman–Crippen MR) is 89.9 cm³/mol. The van der Waals surface area contributed by atoms with E-state index in [1.165, 1.54) is 5.56 Å². The fourth-order valence-corrected chi connectivity index (χ4v) is 2.50. The summed E-state index contributed by atoms with van der Waals surface area (Å²) in [5.41, 5.74) is 2.25. The van der Waals surface area contributed by atoms with Gasteiger partial charge in [0.15, 0.2) is 0 Å². The first-order chi connectivity index (χ1) is 10.1. The van der Waals surface area contributed by atoms with Gasteiger partial charge in [0.2, 0.25) is 5.88 Å². The van der Waals surface area contributed by atoms with Crippen LogP contribution >= 0.6 is 15.9 Å². The molecular weight excluding hydrogens is 328 g/mol. The van der Waals surface area contributed by atoms with Gasteiger partial charge in [0.1, 0.15) is 5.75 Å². The second-order valence-electron chi connectivity index (χ2n) is 5.12. The molecule has 0 aliphatic heterocycles. The van der Waals surface area contributed by atoms with Gasteiger partial charge in [-0.15, -0.1) is 0 Å². The van der Waals surface area contributed by atoms with Crippen molar-refractivity contribution in [3.8, 4) is 11.6 Å². The van der Waals surface area contributed by atoms with Crippen molar-refractivity contribution in [3.05, 3.63) is 52.1 Å². The Balaban J connectivity index is 2.05. The number of pyridine rings is 1. The maximum Gasteiger partial charge on any atom is 0.219 e. The first-order valence-electron chi connectivity index (χ1n) is 7.23. The van der Waals surface area contributed by atoms with Crippen molar-refractivity contribution in [2.45, 2.75) is 33.2 Å². The number of rotatable bonds is 6. The van der Waals surface area contributed by atoms with Crippen LogP contribution in [0.15, 0.2) is 41.0 Å². The lowest BCUT2D eigenvalue weighted by Crippen LogP contribution is -2.19. The van der Waals surface area contributed by atoms with Crippen LogP contribution in [-0.2, 0) is 0 Å². The van der Waals surface area contributed by atoms with E-state index in [-0.39, 0.29) is 0 Å². The molecule has 0 bridgehead atoms. The predicted octanol–water partition coefficient (Wildman–Crippen LogP) is 5.01. The number of hydrogen-bond donors (Lipinski definition) is 1. The van der Waals surface area contributed by atoms with Gasteiger partial charge < -0.3 is 10.1 Å². The second kappa shape index (κ2) is 7.57. The summed E-state index contributed by atoms with van der Waals surface area (Å²) >= 11 is 3.45. The lowest BCUT2D eigenvalue weighted by molar-refractivity contribution is 0.458. The Bertz CT molecular complexity index is 584. The van der Waals surface area contributed by atoms with Gasteiger partial charge in [0.25, 0.3) is 0 Å². The van der Waals surface area contributed by atoms with Crippen LogP contribution in [0.5, 0.6) is 11.6 Å². The zero-order valence-corrected chi connectivity index (χ0v) is 14.3. The Hall–Kier alpha value is -1.39. The fourth-order valence-electron chi connectivity index (χ4n) is 2.03. The first kappa shape index (κ1) is 16.0. The molecule has 3 nitrogen and oxygen atoms in total. The van der Waals surface area contributed by atoms with Gasteiger partial charge in [-0.1, -0.05) is 28.9 Å². The van der Waals surface area contributed by atoms with Crippen LogP contribution in [0.1, 0.15) is 37.4 Å². The topological polar surface area (TPSA) is 34.1 Å². The van der Waals surface area contributed by atoms with Gasteiger partial charge >= 0.3 is 0 Å². The minimum atomic E-state index is 0.306. The molecule has 2 aromatic rings. The van der Waals surface area contributed by atoms with E-state index in [0.29, 0.717) is 11.9 Å². The number of aromatic nitrogens is 1. The molecule has 1 aromatic heterocycles. The fraction of sp³-hybridized carbons (Fsp3) is 0.353. The van der Waals surface area contributed by atoms with Crippen molar-refractivity contribution in [2.24, 2.45) is 0 Å². The van der Waals surface area contributed by atoms with E-state index < -0.39 is 0 Å². The third kappa shape index (κ3) is 4.55. The minimum Gasteiger partial charge on any atom is -0.439 e. The zero-order valence-electron chi connectivity index (χ0n) is 12.7. The zero-order chi connectivity index (χ0) is 15.2. The minimum absolute atomic E-state index is 0.306. The molecule has 0 spiro atoms. The summed E-state index contributed by atoms with van der Waals surface area (Å²) in [6.07, 6.45) is 3.00. The van der Waals surface area contributed by atoms with E-state index in [0.717, 1.165) is 28.8 Å². The number of ether oxygens (including phenoxy) is 1. The van der Waals surface area contributed by atoms with Crippen LogP contribution in [0, 0.1) is 6.92 Å². The summed E-state index contributed by atoms with van der Waals surface area (Å²) in [5, 5.41) is 3.45. The quantitative estimate of drug-likeness (QED) is 0.796. The van der Waals surface area contributed by atoms with Gasteiger partial charge in [0, 0.05) is 22.8 Å². The van der Waals surface area contributed by atoms with Crippen molar-refractivity contribution in [1.82, 2.24) is 10.3 Å². The molecular formula is C17H21BrN2O. The highest BCUT2D eigenvalue weighted by Gasteiger charge is 2.07. The smallest absolute Gasteiger partial charge is 0.219 e. The summed E-state index contributed by atoms with van der Waals surface area (Å²) < 4.78 is 6.88. The molecule has 0 aliphatic rings. The van der Waals surface area contributed by atoms with Crippen LogP contribution in [0.3, 0.4) is 0 Å². The Morgan fingerprint density at radius 2 is 2.10 bits per heavy atom. The monoisotopic (exact) mass is 348 g/mol. The Kier molecular flexibility index (Phi) is 5.76. The van der Waals surface area contributed by atoms with E-state index >= 15 is 0 Å². The lowest BCUT2D eigenvalue weighted by Gasteiger charge is -2.14. The maximum atomic E-state index is 5.83. The van der Waals surface area contributed by atoms with E-state index in [9.17, 15) is 0 Å². The van der Waals surface area contributed by atoms with Crippen molar-refractivity contribution < 1.29 is 4.74 Å². The number of nitrogens with zero attached hydrogens (tertiary/aromatic N) is 1. The van der Waals surface area contributed by atoms with Crippen LogP contribution in [0.4, 0.5) is 0 Å². The average Bonchev–Trinajstić information content (AvgIpc) is 2.48. The van der Waals surface area contributed by atoms with Crippen molar-refractivity contribution >= 4 is 15.9 Å². The molecule has 0 saturated heterocycles. The highest BCUT2D eigenvalue weighted by Crippen LogP contribution is 2.26. The second-order valence-corrected chi connectivity index (χ2v) is 6.03. The maximum absolute atomic E-state index is 5.83. The Labute approximate surface area is 134 Å².